The summed E-state index contributed by atoms with van der Waals surface area (Å²) in [5.41, 5.74) is 1.94. The van der Waals surface area contributed by atoms with Crippen LogP contribution in [0.3, 0.4) is 0 Å². The number of furan rings is 1. The lowest BCUT2D eigenvalue weighted by molar-refractivity contribution is 0.632. The predicted molar refractivity (Wildman–Crippen MR) is 78.0 cm³/mol. The van der Waals surface area contributed by atoms with Gasteiger partial charge in [0.2, 0.25) is 0 Å². The molecule has 0 aliphatic heterocycles. The van der Waals surface area contributed by atoms with Crippen LogP contribution >= 0.6 is 0 Å². The Balaban J connectivity index is 2.03. The average molecular weight is 243 g/mol. The van der Waals surface area contributed by atoms with Crippen LogP contribution in [-0.2, 0) is 0 Å². The predicted octanol–water partition coefficient (Wildman–Crippen LogP) is 5.05. The van der Waals surface area contributed by atoms with Crippen molar-refractivity contribution in [2.75, 3.05) is 0 Å². The van der Waals surface area contributed by atoms with E-state index in [1.54, 1.807) is 0 Å². The van der Waals surface area contributed by atoms with Gasteiger partial charge in [-0.15, -0.1) is 0 Å². The molecule has 1 heteroatoms. The second-order valence-electron chi connectivity index (χ2n) is 4.59. The van der Waals surface area contributed by atoms with Crippen LogP contribution in [0.25, 0.3) is 33.1 Å². The Hall–Kier alpha value is -2.54. The lowest BCUT2D eigenvalue weighted by Gasteiger charge is -2.02. The molecule has 19 heavy (non-hydrogen) atoms. The van der Waals surface area contributed by atoms with Crippen LogP contribution < -0.4 is 0 Å². The van der Waals surface area contributed by atoms with Crippen molar-refractivity contribution in [3.8, 4) is 11.3 Å². The molecule has 1 radical (unpaired) electrons. The summed E-state index contributed by atoms with van der Waals surface area (Å²) in [5, 5.41) is 3.50. The van der Waals surface area contributed by atoms with Crippen molar-refractivity contribution < 1.29 is 4.42 Å². The minimum atomic E-state index is 0.873. The quantitative estimate of drug-likeness (QED) is 0.455. The SMILES string of the molecule is [c]1ccc2ccccc2c1-c1cc2ccccc2o1. The molecule has 0 aliphatic rings. The summed E-state index contributed by atoms with van der Waals surface area (Å²) < 4.78 is 5.93. The maximum absolute atomic E-state index is 5.93. The van der Waals surface area contributed by atoms with Crippen LogP contribution in [0, 0.1) is 6.07 Å². The summed E-state index contributed by atoms with van der Waals surface area (Å²) in [6, 6.07) is 25.8. The van der Waals surface area contributed by atoms with Gasteiger partial charge in [-0.2, -0.15) is 0 Å². The summed E-state index contributed by atoms with van der Waals surface area (Å²) in [5.74, 6) is 0.873. The molecule has 4 rings (SSSR count). The molecule has 0 saturated carbocycles. The van der Waals surface area contributed by atoms with Gasteiger partial charge in [0, 0.05) is 10.9 Å². The van der Waals surface area contributed by atoms with Gasteiger partial charge in [0.1, 0.15) is 11.3 Å². The van der Waals surface area contributed by atoms with Crippen LogP contribution in [0.5, 0.6) is 0 Å². The summed E-state index contributed by atoms with van der Waals surface area (Å²) in [6.07, 6.45) is 0. The lowest BCUT2D eigenvalue weighted by Crippen LogP contribution is -1.78. The molecule has 1 nitrogen and oxygen atoms in total. The van der Waals surface area contributed by atoms with E-state index in [1.807, 2.05) is 36.4 Å². The van der Waals surface area contributed by atoms with E-state index in [0.29, 0.717) is 0 Å². The van der Waals surface area contributed by atoms with E-state index < -0.39 is 0 Å². The van der Waals surface area contributed by atoms with E-state index in [0.717, 1.165) is 22.3 Å². The fourth-order valence-corrected chi connectivity index (χ4v) is 2.47. The number of benzene rings is 3. The molecule has 0 bridgehead atoms. The molecule has 0 atom stereocenters. The fourth-order valence-electron chi connectivity index (χ4n) is 2.47. The second-order valence-corrected chi connectivity index (χ2v) is 4.59. The highest BCUT2D eigenvalue weighted by atomic mass is 16.3. The van der Waals surface area contributed by atoms with Gasteiger partial charge < -0.3 is 4.42 Å². The minimum absolute atomic E-state index is 0.873. The topological polar surface area (TPSA) is 13.1 Å². The van der Waals surface area contributed by atoms with Gasteiger partial charge >= 0.3 is 0 Å². The highest BCUT2D eigenvalue weighted by molar-refractivity contribution is 5.97. The molecule has 89 valence electrons. The molecule has 3 aromatic carbocycles. The molecule has 1 aromatic heterocycles. The molecule has 0 spiro atoms. The van der Waals surface area contributed by atoms with Crippen molar-refractivity contribution in [3.05, 3.63) is 72.8 Å². The number of hydrogen-bond acceptors (Lipinski definition) is 1. The first-order valence-corrected chi connectivity index (χ1v) is 6.30. The standard InChI is InChI=1S/C18H11O/c1-3-9-15-13(6-1)8-5-10-16(15)18-12-14-7-2-4-11-17(14)19-18/h1-9,11-12H. The summed E-state index contributed by atoms with van der Waals surface area (Å²) in [6.45, 7) is 0. The Bertz CT molecular complexity index is 833. The monoisotopic (exact) mass is 243 g/mol. The van der Waals surface area contributed by atoms with Crippen molar-refractivity contribution in [1.82, 2.24) is 0 Å². The second kappa shape index (κ2) is 3.99. The molecule has 4 aromatic rings. The fraction of sp³-hybridized carbons (Fsp3) is 0. The van der Waals surface area contributed by atoms with Crippen molar-refractivity contribution in [3.63, 3.8) is 0 Å². The maximum Gasteiger partial charge on any atom is 0.136 e. The van der Waals surface area contributed by atoms with Crippen LogP contribution in [0.1, 0.15) is 0 Å². The Morgan fingerprint density at radius 1 is 0.789 bits per heavy atom. The van der Waals surface area contributed by atoms with Crippen LogP contribution in [0.15, 0.2) is 71.1 Å². The molecule has 0 saturated heterocycles. The summed E-state index contributed by atoms with van der Waals surface area (Å²) >= 11 is 0. The molecular formula is C18H11O. The Kier molecular flexibility index (Phi) is 2.18. The van der Waals surface area contributed by atoms with Gasteiger partial charge in [0.05, 0.1) is 0 Å². The zero-order valence-electron chi connectivity index (χ0n) is 10.3. The number of rotatable bonds is 1. The smallest absolute Gasteiger partial charge is 0.136 e. The maximum atomic E-state index is 5.93. The average Bonchev–Trinajstić information content (AvgIpc) is 2.90. The lowest BCUT2D eigenvalue weighted by atomic mass is 10.0. The van der Waals surface area contributed by atoms with Crippen molar-refractivity contribution in [2.45, 2.75) is 0 Å². The summed E-state index contributed by atoms with van der Waals surface area (Å²) in [7, 11) is 0. The molecule has 0 fully saturated rings. The van der Waals surface area contributed by atoms with Crippen LogP contribution in [-0.4, -0.2) is 0 Å². The van der Waals surface area contributed by atoms with Crippen molar-refractivity contribution in [2.24, 2.45) is 0 Å². The number of hydrogen-bond donors (Lipinski definition) is 0. The number of fused-ring (bicyclic) bond motifs is 2. The zero-order valence-corrected chi connectivity index (χ0v) is 10.3. The number of para-hydroxylation sites is 1. The van der Waals surface area contributed by atoms with Gasteiger partial charge in [-0.05, 0) is 29.0 Å². The molecule has 1 heterocycles. The van der Waals surface area contributed by atoms with E-state index in [4.69, 9.17) is 4.42 Å². The van der Waals surface area contributed by atoms with E-state index >= 15 is 0 Å². The first kappa shape index (κ1) is 10.4. The van der Waals surface area contributed by atoms with E-state index in [9.17, 15) is 0 Å². The highest BCUT2D eigenvalue weighted by Gasteiger charge is 2.08. The minimum Gasteiger partial charge on any atom is -0.456 e. The molecular weight excluding hydrogens is 232 g/mol. The molecule has 0 unspecified atom stereocenters. The molecule has 0 N–H and O–H groups in total. The van der Waals surface area contributed by atoms with Gasteiger partial charge in [0.25, 0.3) is 0 Å². The van der Waals surface area contributed by atoms with E-state index in [-0.39, 0.29) is 0 Å². The normalized spacial score (nSPS) is 11.2. The largest absolute Gasteiger partial charge is 0.456 e. The Morgan fingerprint density at radius 3 is 2.47 bits per heavy atom. The van der Waals surface area contributed by atoms with E-state index in [2.05, 4.69) is 36.4 Å². The Labute approximate surface area is 111 Å². The highest BCUT2D eigenvalue weighted by Crippen LogP contribution is 2.32. The first-order chi connectivity index (χ1) is 9.42. The van der Waals surface area contributed by atoms with Gasteiger partial charge in [0.15, 0.2) is 0 Å². The van der Waals surface area contributed by atoms with E-state index in [1.165, 1.54) is 10.8 Å². The van der Waals surface area contributed by atoms with Crippen LogP contribution in [0.4, 0.5) is 0 Å². The van der Waals surface area contributed by atoms with Gasteiger partial charge in [-0.25, -0.2) is 0 Å². The third-order valence-electron chi connectivity index (χ3n) is 3.39. The molecule has 0 aliphatic carbocycles. The zero-order chi connectivity index (χ0) is 12.7. The Morgan fingerprint density at radius 2 is 1.58 bits per heavy atom. The van der Waals surface area contributed by atoms with Gasteiger partial charge in [-0.3, -0.25) is 0 Å². The third-order valence-corrected chi connectivity index (χ3v) is 3.39. The van der Waals surface area contributed by atoms with Crippen LogP contribution in [0.2, 0.25) is 0 Å². The summed E-state index contributed by atoms with van der Waals surface area (Å²) in [4.78, 5) is 0. The third kappa shape index (κ3) is 1.63. The van der Waals surface area contributed by atoms with Gasteiger partial charge in [-0.1, -0.05) is 54.6 Å². The first-order valence-electron chi connectivity index (χ1n) is 6.30. The van der Waals surface area contributed by atoms with Crippen molar-refractivity contribution in [1.29, 1.82) is 0 Å². The van der Waals surface area contributed by atoms with Crippen molar-refractivity contribution >= 4 is 21.7 Å². The molecule has 0 amide bonds.